The number of nitrogens with one attached hydrogen (secondary N) is 1. The van der Waals surface area contributed by atoms with Gasteiger partial charge >= 0.3 is 5.97 Å². The van der Waals surface area contributed by atoms with Crippen LogP contribution < -0.4 is 5.32 Å². The van der Waals surface area contributed by atoms with Crippen molar-refractivity contribution in [2.75, 3.05) is 6.54 Å². The van der Waals surface area contributed by atoms with Crippen molar-refractivity contribution in [3.8, 4) is 0 Å². The normalized spacial score (nSPS) is 18.5. The van der Waals surface area contributed by atoms with E-state index in [9.17, 15) is 14.4 Å². The molecule has 1 unspecified atom stereocenters. The van der Waals surface area contributed by atoms with E-state index in [2.05, 4.69) is 5.32 Å². The number of amides is 2. The van der Waals surface area contributed by atoms with Crippen LogP contribution >= 0.6 is 0 Å². The van der Waals surface area contributed by atoms with Gasteiger partial charge in [0.15, 0.2) is 0 Å². The van der Waals surface area contributed by atoms with E-state index in [0.717, 1.165) is 36.8 Å². The molecule has 1 aromatic carbocycles. The number of hydrogen-bond acceptors (Lipinski definition) is 3. The van der Waals surface area contributed by atoms with Crippen LogP contribution in [0.15, 0.2) is 18.2 Å². The van der Waals surface area contributed by atoms with Gasteiger partial charge in [0.2, 0.25) is 11.8 Å². The zero-order chi connectivity index (χ0) is 18.0. The molecular formula is C19H24N2O4. The van der Waals surface area contributed by atoms with Gasteiger partial charge in [-0.3, -0.25) is 9.59 Å². The topological polar surface area (TPSA) is 86.7 Å². The summed E-state index contributed by atoms with van der Waals surface area (Å²) in [7, 11) is 0. The molecule has 1 atom stereocenters. The van der Waals surface area contributed by atoms with Gasteiger partial charge in [-0.05, 0) is 48.4 Å². The molecule has 1 aliphatic heterocycles. The minimum absolute atomic E-state index is 0.0477. The third-order valence-corrected chi connectivity index (χ3v) is 5.27. The Morgan fingerprint density at radius 1 is 1.20 bits per heavy atom. The monoisotopic (exact) mass is 344 g/mol. The maximum Gasteiger partial charge on any atom is 0.335 e. The lowest BCUT2D eigenvalue weighted by molar-refractivity contribution is -0.138. The van der Waals surface area contributed by atoms with Gasteiger partial charge in [-0.25, -0.2) is 4.79 Å². The summed E-state index contributed by atoms with van der Waals surface area (Å²) in [6.07, 6.45) is 4.82. The quantitative estimate of drug-likeness (QED) is 0.874. The molecule has 0 bridgehead atoms. The summed E-state index contributed by atoms with van der Waals surface area (Å²) >= 11 is 0. The summed E-state index contributed by atoms with van der Waals surface area (Å²) < 4.78 is 0. The second-order valence-electron chi connectivity index (χ2n) is 7.02. The van der Waals surface area contributed by atoms with Gasteiger partial charge in [0.05, 0.1) is 5.56 Å². The van der Waals surface area contributed by atoms with E-state index < -0.39 is 12.0 Å². The maximum absolute atomic E-state index is 13.0. The number of carbonyl (C=O) groups excluding carboxylic acids is 2. The second-order valence-corrected chi connectivity index (χ2v) is 7.02. The van der Waals surface area contributed by atoms with Crippen LogP contribution in [0.2, 0.25) is 0 Å². The molecule has 2 N–H and O–H groups in total. The molecule has 0 saturated heterocycles. The number of carboxylic acid groups (broad SMARTS) is 1. The van der Waals surface area contributed by atoms with Crippen LogP contribution in [0, 0.1) is 5.92 Å². The van der Waals surface area contributed by atoms with Crippen LogP contribution in [0.4, 0.5) is 0 Å². The number of carbonyl (C=O) groups is 3. The second kappa shape index (κ2) is 7.25. The zero-order valence-electron chi connectivity index (χ0n) is 14.5. The zero-order valence-corrected chi connectivity index (χ0v) is 14.5. The molecule has 6 nitrogen and oxygen atoms in total. The smallest absolute Gasteiger partial charge is 0.335 e. The highest BCUT2D eigenvalue weighted by Gasteiger charge is 2.35. The van der Waals surface area contributed by atoms with Crippen molar-refractivity contribution >= 4 is 17.8 Å². The Labute approximate surface area is 147 Å². The van der Waals surface area contributed by atoms with Crippen molar-refractivity contribution in [3.63, 3.8) is 0 Å². The molecule has 1 saturated carbocycles. The van der Waals surface area contributed by atoms with Crippen LogP contribution in [0.5, 0.6) is 0 Å². The molecule has 0 radical (unpaired) electrons. The van der Waals surface area contributed by atoms with E-state index in [0.29, 0.717) is 19.5 Å². The first-order valence-electron chi connectivity index (χ1n) is 8.86. The molecule has 1 aromatic rings. The predicted molar refractivity (Wildman–Crippen MR) is 92.1 cm³/mol. The molecule has 1 heterocycles. The van der Waals surface area contributed by atoms with Crippen LogP contribution in [0.25, 0.3) is 0 Å². The van der Waals surface area contributed by atoms with Crippen molar-refractivity contribution in [3.05, 3.63) is 34.9 Å². The third-order valence-electron chi connectivity index (χ3n) is 5.27. The van der Waals surface area contributed by atoms with Crippen LogP contribution in [0.1, 0.15) is 54.1 Å². The number of benzene rings is 1. The summed E-state index contributed by atoms with van der Waals surface area (Å²) in [6.45, 7) is 2.44. The van der Waals surface area contributed by atoms with E-state index in [1.165, 1.54) is 6.92 Å². The molecular weight excluding hydrogens is 320 g/mol. The molecule has 6 heteroatoms. The van der Waals surface area contributed by atoms with E-state index in [-0.39, 0.29) is 23.3 Å². The molecule has 2 aliphatic rings. The summed E-state index contributed by atoms with van der Waals surface area (Å²) in [5.41, 5.74) is 2.21. The maximum atomic E-state index is 13.0. The largest absolute Gasteiger partial charge is 0.478 e. The Hall–Kier alpha value is -2.37. The fraction of sp³-hybridized carbons (Fsp3) is 0.526. The highest BCUT2D eigenvalue weighted by atomic mass is 16.4. The highest BCUT2D eigenvalue weighted by Crippen LogP contribution is 2.30. The number of aromatic carboxylic acids is 1. The Balaban J connectivity index is 1.78. The number of fused-ring (bicyclic) bond motifs is 1. The minimum Gasteiger partial charge on any atom is -0.478 e. The summed E-state index contributed by atoms with van der Waals surface area (Å²) in [5, 5.41) is 12.0. The van der Waals surface area contributed by atoms with Gasteiger partial charge in [0.25, 0.3) is 0 Å². The molecule has 1 fully saturated rings. The lowest BCUT2D eigenvalue weighted by Gasteiger charge is -2.34. The molecule has 0 aromatic heterocycles. The molecule has 2 amide bonds. The number of hydrogen-bond donors (Lipinski definition) is 2. The fourth-order valence-electron chi connectivity index (χ4n) is 3.97. The minimum atomic E-state index is -0.965. The molecule has 25 heavy (non-hydrogen) atoms. The van der Waals surface area contributed by atoms with Gasteiger partial charge in [-0.15, -0.1) is 0 Å². The van der Waals surface area contributed by atoms with Crippen LogP contribution in [-0.4, -0.2) is 40.4 Å². The first-order valence-corrected chi connectivity index (χ1v) is 8.86. The standard InChI is InChI=1S/C19H24N2O4/c1-12(22)20-17(14-4-2-3-5-14)18(23)21-9-8-13-6-7-15(19(24)25)10-16(13)11-21/h6-7,10,14,17H,2-5,8-9,11H2,1H3,(H,20,22)(H,24,25). The third kappa shape index (κ3) is 3.83. The lowest BCUT2D eigenvalue weighted by atomic mass is 9.93. The van der Waals surface area contributed by atoms with Crippen LogP contribution in [0.3, 0.4) is 0 Å². The first kappa shape index (κ1) is 17.5. The molecule has 3 rings (SSSR count). The number of rotatable bonds is 4. The molecule has 1 aliphatic carbocycles. The molecule has 0 spiro atoms. The van der Waals surface area contributed by atoms with E-state index in [1.807, 2.05) is 6.07 Å². The highest BCUT2D eigenvalue weighted by molar-refractivity contribution is 5.89. The average molecular weight is 344 g/mol. The van der Waals surface area contributed by atoms with E-state index >= 15 is 0 Å². The van der Waals surface area contributed by atoms with E-state index in [1.54, 1.807) is 17.0 Å². The van der Waals surface area contributed by atoms with Gasteiger partial charge in [0, 0.05) is 20.0 Å². The Bertz CT molecular complexity index is 695. The predicted octanol–water partition coefficient (Wildman–Crippen LogP) is 1.96. The summed E-state index contributed by atoms with van der Waals surface area (Å²) in [5.74, 6) is -0.999. The van der Waals surface area contributed by atoms with Gasteiger partial charge < -0.3 is 15.3 Å². The van der Waals surface area contributed by atoms with E-state index in [4.69, 9.17) is 5.11 Å². The van der Waals surface area contributed by atoms with Crippen LogP contribution in [-0.2, 0) is 22.6 Å². The Kier molecular flexibility index (Phi) is 5.06. The Morgan fingerprint density at radius 3 is 2.56 bits per heavy atom. The number of nitrogens with zero attached hydrogens (tertiary/aromatic N) is 1. The van der Waals surface area contributed by atoms with Gasteiger partial charge in [-0.1, -0.05) is 18.9 Å². The fourth-order valence-corrected chi connectivity index (χ4v) is 3.97. The lowest BCUT2D eigenvalue weighted by Crippen LogP contribution is -2.52. The SMILES string of the molecule is CC(=O)NC(C(=O)N1CCc2ccc(C(=O)O)cc2C1)C1CCCC1. The number of carboxylic acids is 1. The van der Waals surface area contributed by atoms with Crippen molar-refractivity contribution in [2.45, 2.75) is 51.6 Å². The van der Waals surface area contributed by atoms with Gasteiger partial charge in [-0.2, -0.15) is 0 Å². The van der Waals surface area contributed by atoms with Gasteiger partial charge in [0.1, 0.15) is 6.04 Å². The Morgan fingerprint density at radius 2 is 1.92 bits per heavy atom. The molecule has 134 valence electrons. The summed E-state index contributed by atoms with van der Waals surface area (Å²) in [6, 6.07) is 4.63. The van der Waals surface area contributed by atoms with Crippen molar-refractivity contribution in [2.24, 2.45) is 5.92 Å². The van der Waals surface area contributed by atoms with Crippen molar-refractivity contribution in [1.29, 1.82) is 0 Å². The van der Waals surface area contributed by atoms with Crippen molar-refractivity contribution < 1.29 is 19.5 Å². The summed E-state index contributed by atoms with van der Waals surface area (Å²) in [4.78, 5) is 37.5. The average Bonchev–Trinajstić information content (AvgIpc) is 3.12. The first-order chi connectivity index (χ1) is 12.0. The van der Waals surface area contributed by atoms with Crippen molar-refractivity contribution in [1.82, 2.24) is 10.2 Å².